The maximum atomic E-state index is 11.6. The van der Waals surface area contributed by atoms with Gasteiger partial charge >= 0.3 is 5.97 Å². The van der Waals surface area contributed by atoms with Crippen molar-refractivity contribution in [1.29, 1.82) is 0 Å². The van der Waals surface area contributed by atoms with Crippen molar-refractivity contribution < 1.29 is 9.53 Å². The molecule has 2 fully saturated rings. The summed E-state index contributed by atoms with van der Waals surface area (Å²) in [4.78, 5) is 16.5. The smallest absolute Gasteiger partial charge is 0.310 e. The number of rotatable bonds is 4. The monoisotopic (exact) mass is 240 g/mol. The fourth-order valence-corrected chi connectivity index (χ4v) is 3.00. The van der Waals surface area contributed by atoms with E-state index < -0.39 is 0 Å². The van der Waals surface area contributed by atoms with Gasteiger partial charge in [-0.3, -0.25) is 4.79 Å². The third-order valence-corrected chi connectivity index (χ3v) is 4.12. The molecular weight excluding hydrogens is 216 g/mol. The van der Waals surface area contributed by atoms with Gasteiger partial charge in [-0.2, -0.15) is 0 Å². The van der Waals surface area contributed by atoms with Crippen molar-refractivity contribution in [3.8, 4) is 0 Å². The van der Waals surface area contributed by atoms with Gasteiger partial charge in [0.2, 0.25) is 0 Å². The zero-order chi connectivity index (χ0) is 12.3. The van der Waals surface area contributed by atoms with Crippen LogP contribution in [0.4, 0.5) is 0 Å². The van der Waals surface area contributed by atoms with Crippen molar-refractivity contribution in [2.24, 2.45) is 11.8 Å². The summed E-state index contributed by atoms with van der Waals surface area (Å²) in [5.41, 5.74) is 0. The van der Waals surface area contributed by atoms with Crippen molar-refractivity contribution in [2.75, 3.05) is 46.4 Å². The standard InChI is InChI=1S/C13H24N2O2/c1-11-9-15(10-12(11)13(16)17-2)8-7-14-5-3-4-6-14/h11-12H,3-10H2,1-2H3. The molecule has 98 valence electrons. The predicted molar refractivity (Wildman–Crippen MR) is 66.8 cm³/mol. The van der Waals surface area contributed by atoms with Crippen molar-refractivity contribution in [3.05, 3.63) is 0 Å². The Morgan fingerprint density at radius 1 is 1.18 bits per heavy atom. The fraction of sp³-hybridized carbons (Fsp3) is 0.923. The van der Waals surface area contributed by atoms with E-state index >= 15 is 0 Å². The molecule has 0 aliphatic carbocycles. The molecule has 2 rings (SSSR count). The Bertz CT molecular complexity index is 264. The number of ether oxygens (including phenoxy) is 1. The van der Waals surface area contributed by atoms with E-state index in [1.54, 1.807) is 0 Å². The van der Waals surface area contributed by atoms with Gasteiger partial charge in [0.25, 0.3) is 0 Å². The van der Waals surface area contributed by atoms with Crippen LogP contribution in [-0.4, -0.2) is 62.1 Å². The maximum Gasteiger partial charge on any atom is 0.310 e. The minimum absolute atomic E-state index is 0.0406. The average molecular weight is 240 g/mol. The van der Waals surface area contributed by atoms with E-state index in [0.29, 0.717) is 5.92 Å². The first-order valence-corrected chi connectivity index (χ1v) is 6.73. The summed E-state index contributed by atoms with van der Waals surface area (Å²) in [7, 11) is 1.49. The second-order valence-electron chi connectivity index (χ2n) is 5.42. The zero-order valence-electron chi connectivity index (χ0n) is 11.0. The molecule has 17 heavy (non-hydrogen) atoms. The largest absolute Gasteiger partial charge is 0.469 e. The Morgan fingerprint density at radius 2 is 1.82 bits per heavy atom. The Hall–Kier alpha value is -0.610. The lowest BCUT2D eigenvalue weighted by Gasteiger charge is -2.20. The summed E-state index contributed by atoms with van der Waals surface area (Å²) in [6, 6.07) is 0. The summed E-state index contributed by atoms with van der Waals surface area (Å²) in [5.74, 6) is 0.473. The first-order chi connectivity index (χ1) is 8.20. The lowest BCUT2D eigenvalue weighted by atomic mass is 9.99. The number of hydrogen-bond donors (Lipinski definition) is 0. The molecule has 0 aromatic rings. The van der Waals surface area contributed by atoms with E-state index in [1.807, 2.05) is 0 Å². The highest BCUT2D eigenvalue weighted by Gasteiger charge is 2.35. The minimum atomic E-state index is -0.0406. The second kappa shape index (κ2) is 5.83. The molecule has 2 atom stereocenters. The van der Waals surface area contributed by atoms with Crippen molar-refractivity contribution in [1.82, 2.24) is 9.80 Å². The van der Waals surface area contributed by atoms with Gasteiger partial charge in [-0.05, 0) is 31.8 Å². The van der Waals surface area contributed by atoms with Gasteiger partial charge in [0.05, 0.1) is 13.0 Å². The van der Waals surface area contributed by atoms with E-state index in [-0.39, 0.29) is 11.9 Å². The molecule has 0 N–H and O–H groups in total. The van der Waals surface area contributed by atoms with Crippen LogP contribution in [0.2, 0.25) is 0 Å². The van der Waals surface area contributed by atoms with Crippen molar-refractivity contribution >= 4 is 5.97 Å². The SMILES string of the molecule is COC(=O)C1CN(CCN2CCCC2)CC1C. The summed E-state index contributed by atoms with van der Waals surface area (Å²) in [6.07, 6.45) is 2.70. The van der Waals surface area contributed by atoms with Crippen LogP contribution in [0.25, 0.3) is 0 Å². The van der Waals surface area contributed by atoms with Crippen LogP contribution in [0.3, 0.4) is 0 Å². The molecule has 2 saturated heterocycles. The summed E-state index contributed by atoms with van der Waals surface area (Å²) in [6.45, 7) is 8.82. The number of nitrogens with zero attached hydrogens (tertiary/aromatic N) is 2. The van der Waals surface area contributed by atoms with E-state index in [9.17, 15) is 4.79 Å². The van der Waals surface area contributed by atoms with Crippen LogP contribution in [0.1, 0.15) is 19.8 Å². The highest BCUT2D eigenvalue weighted by atomic mass is 16.5. The second-order valence-corrected chi connectivity index (χ2v) is 5.42. The lowest BCUT2D eigenvalue weighted by Crippen LogP contribution is -2.33. The molecule has 0 aromatic carbocycles. The molecule has 0 spiro atoms. The number of carbonyl (C=O) groups excluding carboxylic acids is 1. The summed E-state index contributed by atoms with van der Waals surface area (Å²) >= 11 is 0. The number of methoxy groups -OCH3 is 1. The lowest BCUT2D eigenvalue weighted by molar-refractivity contribution is -0.146. The van der Waals surface area contributed by atoms with Crippen LogP contribution in [0.15, 0.2) is 0 Å². The van der Waals surface area contributed by atoms with E-state index in [4.69, 9.17) is 4.74 Å². The van der Waals surface area contributed by atoms with Gasteiger partial charge in [0, 0.05) is 26.2 Å². The van der Waals surface area contributed by atoms with Gasteiger partial charge in [-0.15, -0.1) is 0 Å². The molecule has 0 saturated carbocycles. The Morgan fingerprint density at radius 3 is 2.47 bits per heavy atom. The highest BCUT2D eigenvalue weighted by molar-refractivity contribution is 5.73. The molecule has 2 unspecified atom stereocenters. The Kier molecular flexibility index (Phi) is 4.40. The minimum Gasteiger partial charge on any atom is -0.469 e. The number of carbonyl (C=O) groups is 1. The zero-order valence-corrected chi connectivity index (χ0v) is 11.0. The van der Waals surface area contributed by atoms with Crippen LogP contribution in [-0.2, 0) is 9.53 Å². The predicted octanol–water partition coefficient (Wildman–Crippen LogP) is 0.823. The molecule has 2 aliphatic rings. The summed E-state index contributed by atoms with van der Waals surface area (Å²) in [5, 5.41) is 0. The van der Waals surface area contributed by atoms with Gasteiger partial charge < -0.3 is 14.5 Å². The van der Waals surface area contributed by atoms with Crippen LogP contribution >= 0.6 is 0 Å². The molecule has 0 radical (unpaired) electrons. The number of hydrogen-bond acceptors (Lipinski definition) is 4. The molecule has 2 heterocycles. The average Bonchev–Trinajstić information content (AvgIpc) is 2.94. The molecule has 4 nitrogen and oxygen atoms in total. The molecule has 0 amide bonds. The van der Waals surface area contributed by atoms with E-state index in [1.165, 1.54) is 33.0 Å². The summed E-state index contributed by atoms with van der Waals surface area (Å²) < 4.78 is 4.85. The van der Waals surface area contributed by atoms with Crippen LogP contribution < -0.4 is 0 Å². The molecule has 4 heteroatoms. The number of esters is 1. The van der Waals surface area contributed by atoms with Gasteiger partial charge in [0.15, 0.2) is 0 Å². The van der Waals surface area contributed by atoms with Gasteiger partial charge in [0.1, 0.15) is 0 Å². The third kappa shape index (κ3) is 3.19. The molecule has 2 aliphatic heterocycles. The van der Waals surface area contributed by atoms with Crippen LogP contribution in [0.5, 0.6) is 0 Å². The molecule has 0 aromatic heterocycles. The molecule has 0 bridgehead atoms. The topological polar surface area (TPSA) is 32.8 Å². The van der Waals surface area contributed by atoms with Gasteiger partial charge in [-0.1, -0.05) is 6.92 Å². The van der Waals surface area contributed by atoms with Crippen LogP contribution in [0, 0.1) is 11.8 Å². The quantitative estimate of drug-likeness (QED) is 0.681. The van der Waals surface area contributed by atoms with E-state index in [2.05, 4.69) is 16.7 Å². The number of likely N-dealkylation sites (tertiary alicyclic amines) is 2. The third-order valence-electron chi connectivity index (χ3n) is 4.12. The maximum absolute atomic E-state index is 11.6. The Labute approximate surface area is 104 Å². The highest BCUT2D eigenvalue weighted by Crippen LogP contribution is 2.23. The fourth-order valence-electron chi connectivity index (χ4n) is 3.00. The first-order valence-electron chi connectivity index (χ1n) is 6.73. The van der Waals surface area contributed by atoms with Crippen molar-refractivity contribution in [3.63, 3.8) is 0 Å². The molecular formula is C13H24N2O2. The Balaban J connectivity index is 1.74. The van der Waals surface area contributed by atoms with E-state index in [0.717, 1.165) is 26.2 Å². The first kappa shape index (κ1) is 12.8. The van der Waals surface area contributed by atoms with Crippen molar-refractivity contribution in [2.45, 2.75) is 19.8 Å². The normalized spacial score (nSPS) is 30.9. The van der Waals surface area contributed by atoms with Gasteiger partial charge in [-0.25, -0.2) is 0 Å².